The first kappa shape index (κ1) is 75.2. The van der Waals surface area contributed by atoms with Gasteiger partial charge in [-0.3, -0.25) is 18.6 Å². The van der Waals surface area contributed by atoms with Crippen molar-refractivity contribution >= 4 is 19.8 Å². The van der Waals surface area contributed by atoms with Gasteiger partial charge in [0.2, 0.25) is 0 Å². The molecule has 0 saturated carbocycles. The van der Waals surface area contributed by atoms with Gasteiger partial charge in [-0.15, -0.1) is 0 Å². The second-order valence-electron chi connectivity index (χ2n) is 20.5. The molecule has 0 bridgehead atoms. The minimum absolute atomic E-state index is 0.0453. The normalized spacial score (nSPS) is 13.9. The summed E-state index contributed by atoms with van der Waals surface area (Å²) in [6, 6.07) is 0. The fourth-order valence-corrected chi connectivity index (χ4v) is 9.20. The molecule has 3 N–H and O–H groups in total. The number of rotatable bonds is 58. The maximum absolute atomic E-state index is 12.7. The Hall–Kier alpha value is -3.85. The lowest BCUT2D eigenvalue weighted by Gasteiger charge is -2.19. The highest BCUT2D eigenvalue weighted by Gasteiger charge is 2.26. The predicted octanol–water partition coefficient (Wildman–Crippen LogP) is 20.5. The van der Waals surface area contributed by atoms with E-state index >= 15 is 0 Å². The number of carbonyl (C=O) groups excluding carboxylic acids is 2. The summed E-state index contributed by atoms with van der Waals surface area (Å²) >= 11 is 0. The van der Waals surface area contributed by atoms with E-state index in [2.05, 4.69) is 148 Å². The molecule has 79 heavy (non-hydrogen) atoms. The molecule has 2 atom stereocenters. The lowest BCUT2D eigenvalue weighted by molar-refractivity contribution is -0.161. The summed E-state index contributed by atoms with van der Waals surface area (Å²) < 4.78 is 33.1. The average Bonchev–Trinajstić information content (AvgIpc) is 3.44. The molecule has 0 aliphatic rings. The van der Waals surface area contributed by atoms with Crippen molar-refractivity contribution in [2.75, 3.05) is 26.4 Å². The van der Waals surface area contributed by atoms with E-state index in [0.29, 0.717) is 6.42 Å². The van der Waals surface area contributed by atoms with Gasteiger partial charge in [0.15, 0.2) is 6.10 Å². The van der Waals surface area contributed by atoms with Crippen LogP contribution < -0.4 is 5.73 Å². The van der Waals surface area contributed by atoms with Crippen LogP contribution in [-0.2, 0) is 32.7 Å². The molecule has 0 rings (SSSR count). The van der Waals surface area contributed by atoms with Crippen LogP contribution in [0, 0.1) is 0 Å². The molecule has 450 valence electrons. The molecule has 0 aromatic heterocycles. The van der Waals surface area contributed by atoms with Crippen molar-refractivity contribution in [2.45, 2.75) is 264 Å². The van der Waals surface area contributed by atoms with Crippen LogP contribution in [0.25, 0.3) is 0 Å². The number of phosphoric ester groups is 1. The lowest BCUT2D eigenvalue weighted by atomic mass is 10.0. The van der Waals surface area contributed by atoms with Crippen molar-refractivity contribution in [3.8, 4) is 0 Å². The minimum Gasteiger partial charge on any atom is -0.462 e. The summed E-state index contributed by atoms with van der Waals surface area (Å²) in [5, 5.41) is 0. The molecule has 0 aliphatic carbocycles. The average molecular weight is 1120 g/mol. The SMILES string of the molecule is CC/C=C\C/C=C\C/C=C\C/C=C\C/C=C\C/C=C\C/C=C\CCCCCCCCCC(=O)OC(COC(=O)CCCCCCCCCCCCCCCCCC/C=C\C/C=C\C/C=C\C/C=C\CC)COP(=O)(O)OCCN. The van der Waals surface area contributed by atoms with Gasteiger partial charge in [-0.05, 0) is 109 Å². The van der Waals surface area contributed by atoms with Crippen molar-refractivity contribution in [1.82, 2.24) is 0 Å². The summed E-state index contributed by atoms with van der Waals surface area (Å²) in [6.07, 6.45) is 89.4. The third-order valence-electron chi connectivity index (χ3n) is 13.0. The van der Waals surface area contributed by atoms with Gasteiger partial charge in [-0.2, -0.15) is 0 Å². The summed E-state index contributed by atoms with van der Waals surface area (Å²) in [4.78, 5) is 35.3. The van der Waals surface area contributed by atoms with Gasteiger partial charge < -0.3 is 20.1 Å². The molecule has 0 amide bonds. The Bertz CT molecular complexity index is 1750. The number of unbranched alkanes of at least 4 members (excludes halogenated alkanes) is 23. The minimum atomic E-state index is -4.40. The van der Waals surface area contributed by atoms with Crippen LogP contribution in [0.5, 0.6) is 0 Å². The van der Waals surface area contributed by atoms with Gasteiger partial charge in [0.1, 0.15) is 6.61 Å². The Morgan fingerprint density at radius 2 is 0.658 bits per heavy atom. The number of carbonyl (C=O) groups is 2. The molecule has 0 aromatic rings. The molecule has 2 unspecified atom stereocenters. The van der Waals surface area contributed by atoms with E-state index in [4.69, 9.17) is 24.3 Å². The van der Waals surface area contributed by atoms with E-state index in [1.165, 1.54) is 109 Å². The molecule has 0 fully saturated rings. The number of ether oxygens (including phenoxy) is 2. The predicted molar refractivity (Wildman–Crippen MR) is 339 cm³/mol. The van der Waals surface area contributed by atoms with E-state index in [-0.39, 0.29) is 38.6 Å². The summed E-state index contributed by atoms with van der Waals surface area (Å²) in [5.41, 5.74) is 5.39. The van der Waals surface area contributed by atoms with Crippen molar-refractivity contribution in [1.29, 1.82) is 0 Å². The quantitative estimate of drug-likeness (QED) is 0.0264. The molecular formula is C69H116NO8P. The molecule has 10 heteroatoms. The van der Waals surface area contributed by atoms with Crippen LogP contribution in [-0.4, -0.2) is 49.3 Å². The van der Waals surface area contributed by atoms with Crippen molar-refractivity contribution < 1.29 is 37.6 Å². The highest BCUT2D eigenvalue weighted by molar-refractivity contribution is 7.47. The first-order chi connectivity index (χ1) is 38.8. The molecule has 0 radical (unpaired) electrons. The Morgan fingerprint density at radius 3 is 0.975 bits per heavy atom. The molecular weight excluding hydrogens is 1000 g/mol. The largest absolute Gasteiger partial charge is 0.472 e. The number of phosphoric acid groups is 1. The van der Waals surface area contributed by atoms with E-state index in [1.807, 2.05) is 0 Å². The fraction of sp³-hybridized carbons (Fsp3) is 0.652. The Balaban J connectivity index is 3.99. The zero-order valence-electron chi connectivity index (χ0n) is 50.3. The van der Waals surface area contributed by atoms with Gasteiger partial charge in [0.25, 0.3) is 0 Å². The number of nitrogens with two attached hydrogens (primary N) is 1. The first-order valence-electron chi connectivity index (χ1n) is 31.7. The molecule has 0 heterocycles. The third kappa shape index (κ3) is 63.2. The summed E-state index contributed by atoms with van der Waals surface area (Å²) in [6.45, 7) is 3.51. The standard InChI is InChI=1S/C69H116NO8P/c1-3-5-7-9-11-13-15-17-19-21-23-25-27-29-31-33-35-37-39-41-43-45-47-49-51-53-55-57-59-61-68(71)75-65-67(66-77-79(73,74)76-64-63-70)78-69(72)62-60-58-56-54-52-50-48-46-44-42-40-38-36-34-32-30-28-26-24-22-20-18-16-14-12-10-8-6-4-2/h5-8,11-14,17-20,23-26,30,32,36,38,42,44,67H,3-4,9-10,15-16,21-22,27-29,31,33-35,37,39-41,43,45-66,70H2,1-2H3,(H,73,74)/b7-5-,8-6-,13-11-,14-12-,19-17-,20-18-,25-23-,26-24-,32-30-,38-36-,44-42-. The van der Waals surface area contributed by atoms with Crippen molar-refractivity contribution in [2.24, 2.45) is 5.73 Å². The van der Waals surface area contributed by atoms with Crippen LogP contribution >= 0.6 is 7.82 Å². The monoisotopic (exact) mass is 1120 g/mol. The van der Waals surface area contributed by atoms with Gasteiger partial charge in [0, 0.05) is 19.4 Å². The van der Waals surface area contributed by atoms with Crippen molar-refractivity contribution in [3.63, 3.8) is 0 Å². The summed E-state index contributed by atoms with van der Waals surface area (Å²) in [7, 11) is -4.40. The highest BCUT2D eigenvalue weighted by atomic mass is 31.2. The number of allylic oxidation sites excluding steroid dienone is 22. The number of esters is 2. The van der Waals surface area contributed by atoms with Crippen LogP contribution in [0.15, 0.2) is 134 Å². The maximum Gasteiger partial charge on any atom is 0.472 e. The van der Waals surface area contributed by atoms with E-state index < -0.39 is 26.5 Å². The molecule has 0 aliphatic heterocycles. The summed E-state index contributed by atoms with van der Waals surface area (Å²) in [5.74, 6) is -0.843. The third-order valence-corrected chi connectivity index (χ3v) is 14.0. The van der Waals surface area contributed by atoms with Crippen LogP contribution in [0.4, 0.5) is 0 Å². The maximum atomic E-state index is 12.7. The van der Waals surface area contributed by atoms with Crippen LogP contribution in [0.3, 0.4) is 0 Å². The van der Waals surface area contributed by atoms with E-state index in [9.17, 15) is 19.0 Å². The number of hydrogen-bond donors (Lipinski definition) is 2. The Morgan fingerprint density at radius 1 is 0.380 bits per heavy atom. The van der Waals surface area contributed by atoms with Gasteiger partial charge in [0.05, 0.1) is 13.2 Å². The molecule has 0 saturated heterocycles. The van der Waals surface area contributed by atoms with E-state index in [0.717, 1.165) is 116 Å². The molecule has 9 nitrogen and oxygen atoms in total. The first-order valence-corrected chi connectivity index (χ1v) is 33.2. The molecule has 0 aromatic carbocycles. The second kappa shape index (κ2) is 63.3. The highest BCUT2D eigenvalue weighted by Crippen LogP contribution is 2.43. The number of hydrogen-bond acceptors (Lipinski definition) is 8. The second-order valence-corrected chi connectivity index (χ2v) is 22.0. The van der Waals surface area contributed by atoms with Gasteiger partial charge in [-0.1, -0.05) is 270 Å². The molecule has 0 spiro atoms. The zero-order chi connectivity index (χ0) is 57.3. The van der Waals surface area contributed by atoms with E-state index in [1.54, 1.807) is 0 Å². The smallest absolute Gasteiger partial charge is 0.462 e. The van der Waals surface area contributed by atoms with Crippen molar-refractivity contribution in [3.05, 3.63) is 134 Å². The Labute approximate surface area is 484 Å². The van der Waals surface area contributed by atoms with Crippen LogP contribution in [0.1, 0.15) is 258 Å². The van der Waals surface area contributed by atoms with Gasteiger partial charge >= 0.3 is 19.8 Å². The topological polar surface area (TPSA) is 134 Å². The Kier molecular flexibility index (Phi) is 60.2. The van der Waals surface area contributed by atoms with Crippen LogP contribution in [0.2, 0.25) is 0 Å². The van der Waals surface area contributed by atoms with Gasteiger partial charge in [-0.25, -0.2) is 4.57 Å². The fourth-order valence-electron chi connectivity index (χ4n) is 8.43. The lowest BCUT2D eigenvalue weighted by Crippen LogP contribution is -2.29. The zero-order valence-corrected chi connectivity index (χ0v) is 51.2.